The Morgan fingerprint density at radius 3 is 2.88 bits per heavy atom. The van der Waals surface area contributed by atoms with Gasteiger partial charge in [0, 0.05) is 6.07 Å². The van der Waals surface area contributed by atoms with Gasteiger partial charge in [-0.3, -0.25) is 14.2 Å². The van der Waals surface area contributed by atoms with E-state index in [4.69, 9.17) is 5.73 Å². The van der Waals surface area contributed by atoms with Gasteiger partial charge in [-0.2, -0.15) is 0 Å². The van der Waals surface area contributed by atoms with E-state index in [0.717, 1.165) is 0 Å². The zero-order valence-corrected chi connectivity index (χ0v) is 14.0. The van der Waals surface area contributed by atoms with Crippen LogP contribution < -0.4 is 21.9 Å². The summed E-state index contributed by atoms with van der Waals surface area (Å²) in [6, 6.07) is 3.03. The minimum Gasteiger partial charge on any atom is -0.384 e. The summed E-state index contributed by atoms with van der Waals surface area (Å²) in [6.45, 7) is 1.70. The number of aryl methyl sites for hydroxylation is 1. The zero-order chi connectivity index (χ0) is 18.5. The van der Waals surface area contributed by atoms with E-state index in [2.05, 4.69) is 20.6 Å². The van der Waals surface area contributed by atoms with E-state index in [9.17, 15) is 14.0 Å². The summed E-state index contributed by atoms with van der Waals surface area (Å²) >= 11 is 0. The zero-order valence-electron chi connectivity index (χ0n) is 14.0. The lowest BCUT2D eigenvalue weighted by Gasteiger charge is -2.32. The predicted octanol–water partition coefficient (Wildman–Crippen LogP) is 1.71. The van der Waals surface area contributed by atoms with Crippen molar-refractivity contribution in [2.24, 2.45) is 0 Å². The largest absolute Gasteiger partial charge is 0.384 e. The van der Waals surface area contributed by atoms with Crippen molar-refractivity contribution in [2.45, 2.75) is 31.8 Å². The van der Waals surface area contributed by atoms with Crippen LogP contribution in [0.5, 0.6) is 0 Å². The van der Waals surface area contributed by atoms with Gasteiger partial charge in [-0.05, 0) is 43.9 Å². The van der Waals surface area contributed by atoms with Gasteiger partial charge in [-0.15, -0.1) is 0 Å². The second-order valence-corrected chi connectivity index (χ2v) is 6.44. The number of halogens is 1. The topological polar surface area (TPSA) is 115 Å². The van der Waals surface area contributed by atoms with Crippen molar-refractivity contribution < 1.29 is 9.18 Å². The number of anilines is 3. The highest BCUT2D eigenvalue weighted by atomic mass is 19.1. The van der Waals surface area contributed by atoms with Crippen LogP contribution in [0.25, 0.3) is 0 Å². The number of hydrogen-bond acceptors (Lipinski definition) is 6. The highest BCUT2D eigenvalue weighted by Crippen LogP contribution is 2.39. The van der Waals surface area contributed by atoms with Crippen LogP contribution in [0.4, 0.5) is 21.7 Å². The van der Waals surface area contributed by atoms with Crippen molar-refractivity contribution >= 4 is 23.2 Å². The molecule has 0 radical (unpaired) electrons. The Bertz CT molecular complexity index is 1010. The Hall–Kier alpha value is -3.23. The molecule has 8 nitrogen and oxygen atoms in total. The van der Waals surface area contributed by atoms with Gasteiger partial charge in [-0.25, -0.2) is 14.4 Å². The third kappa shape index (κ3) is 2.27. The van der Waals surface area contributed by atoms with Gasteiger partial charge in [0.25, 0.3) is 11.5 Å². The van der Waals surface area contributed by atoms with Crippen LogP contribution in [0.15, 0.2) is 35.2 Å². The fourth-order valence-corrected chi connectivity index (χ4v) is 3.58. The minimum atomic E-state index is -1.45. The first-order chi connectivity index (χ1) is 12.4. The highest BCUT2D eigenvalue weighted by Gasteiger charge is 2.48. The number of nitrogens with one attached hydrogen (secondary N) is 2. The minimum absolute atomic E-state index is 0.174. The third-order valence-corrected chi connectivity index (χ3v) is 4.72. The number of aromatic nitrogens is 3. The Morgan fingerprint density at radius 1 is 1.35 bits per heavy atom. The number of pyridine rings is 1. The normalized spacial score (nSPS) is 21.3. The fourth-order valence-electron chi connectivity index (χ4n) is 3.58. The molecule has 2 aromatic rings. The molecule has 2 aliphatic rings. The molecule has 1 spiro atoms. The van der Waals surface area contributed by atoms with Crippen LogP contribution in [0.3, 0.4) is 0 Å². The van der Waals surface area contributed by atoms with E-state index in [1.54, 1.807) is 13.0 Å². The number of nitrogens with two attached hydrogens (primary N) is 1. The summed E-state index contributed by atoms with van der Waals surface area (Å²) in [6.07, 6.45) is 4.25. The summed E-state index contributed by atoms with van der Waals surface area (Å²) in [5.41, 5.74) is 4.59. The van der Waals surface area contributed by atoms with Crippen molar-refractivity contribution in [2.75, 3.05) is 11.1 Å². The maximum absolute atomic E-state index is 14.7. The quantitative estimate of drug-likeness (QED) is 0.754. The van der Waals surface area contributed by atoms with E-state index in [0.29, 0.717) is 30.6 Å². The number of fused-ring (bicyclic) bond motifs is 2. The lowest BCUT2D eigenvalue weighted by molar-refractivity contribution is 0.0911. The van der Waals surface area contributed by atoms with Crippen LogP contribution in [0, 0.1) is 6.92 Å². The molecule has 1 aliphatic heterocycles. The average Bonchev–Trinajstić information content (AvgIpc) is 2.89. The van der Waals surface area contributed by atoms with Crippen LogP contribution in [0.2, 0.25) is 0 Å². The van der Waals surface area contributed by atoms with Crippen LogP contribution in [-0.4, -0.2) is 20.4 Å². The molecule has 2 aromatic heterocycles. The summed E-state index contributed by atoms with van der Waals surface area (Å²) < 4.78 is 16.0. The maximum atomic E-state index is 14.7. The second-order valence-electron chi connectivity index (χ2n) is 6.44. The summed E-state index contributed by atoms with van der Waals surface area (Å²) in [7, 11) is 0. The molecule has 0 bridgehead atoms. The molecule has 0 saturated heterocycles. The van der Waals surface area contributed by atoms with Crippen LogP contribution >= 0.6 is 0 Å². The standard InChI is InChI=1S/C17H17FN6O2/c1-9-6-10(22-13-7-12(19)20-8-21-13)16(26)24-14(9)15(25)23-17(24)5-3-2-4-11(17)18/h4,6-8H,2-3,5H2,1H3,(H,23,25)(H3,19,20,21,22). The Morgan fingerprint density at radius 2 is 2.15 bits per heavy atom. The molecule has 3 heterocycles. The van der Waals surface area contributed by atoms with Crippen molar-refractivity contribution in [3.63, 3.8) is 0 Å². The molecule has 0 fully saturated rings. The second kappa shape index (κ2) is 5.65. The van der Waals surface area contributed by atoms with Crippen molar-refractivity contribution in [3.8, 4) is 0 Å². The first kappa shape index (κ1) is 16.2. The number of rotatable bonds is 2. The first-order valence-electron chi connectivity index (χ1n) is 8.23. The number of nitrogens with zero attached hydrogens (tertiary/aromatic N) is 3. The first-order valence-corrected chi connectivity index (χ1v) is 8.23. The molecular weight excluding hydrogens is 339 g/mol. The van der Waals surface area contributed by atoms with Gasteiger partial charge < -0.3 is 16.4 Å². The molecule has 4 rings (SSSR count). The fraction of sp³-hybridized carbons (Fsp3) is 0.294. The average molecular weight is 356 g/mol. The SMILES string of the molecule is Cc1cc(Nc2cc(N)ncn2)c(=O)n2c1C(=O)NC21CCCC=C1F. The molecular formula is C17H17FN6O2. The van der Waals surface area contributed by atoms with E-state index >= 15 is 0 Å². The number of amides is 1. The Balaban J connectivity index is 1.90. The number of hydrogen-bond donors (Lipinski definition) is 3. The maximum Gasteiger partial charge on any atom is 0.277 e. The van der Waals surface area contributed by atoms with Gasteiger partial charge in [0.15, 0.2) is 5.66 Å². The number of carbonyl (C=O) groups is 1. The smallest absolute Gasteiger partial charge is 0.277 e. The molecule has 1 unspecified atom stereocenters. The molecule has 1 aliphatic carbocycles. The van der Waals surface area contributed by atoms with E-state index < -0.39 is 23.0 Å². The lowest BCUT2D eigenvalue weighted by atomic mass is 9.94. The van der Waals surface area contributed by atoms with E-state index in [1.165, 1.54) is 23.0 Å². The molecule has 1 amide bonds. The van der Waals surface area contributed by atoms with Gasteiger partial charge in [0.2, 0.25) is 0 Å². The number of carbonyl (C=O) groups excluding carboxylic acids is 1. The number of nitrogen functional groups attached to an aromatic ring is 1. The Labute approximate surface area is 148 Å². The van der Waals surface area contributed by atoms with Gasteiger partial charge in [0.05, 0.1) is 0 Å². The molecule has 0 saturated carbocycles. The highest BCUT2D eigenvalue weighted by molar-refractivity contribution is 5.97. The molecule has 1 atom stereocenters. The van der Waals surface area contributed by atoms with Crippen LogP contribution in [0.1, 0.15) is 35.3 Å². The summed E-state index contributed by atoms with van der Waals surface area (Å²) in [5, 5.41) is 5.56. The van der Waals surface area contributed by atoms with Crippen molar-refractivity contribution in [1.82, 2.24) is 19.9 Å². The number of allylic oxidation sites excluding steroid dienone is 1. The van der Waals surface area contributed by atoms with E-state index in [1.807, 2.05) is 0 Å². The lowest BCUT2D eigenvalue weighted by Crippen LogP contribution is -2.49. The summed E-state index contributed by atoms with van der Waals surface area (Å²) in [5.74, 6) is -0.390. The Kier molecular flexibility index (Phi) is 3.53. The predicted molar refractivity (Wildman–Crippen MR) is 93.6 cm³/mol. The van der Waals surface area contributed by atoms with Gasteiger partial charge in [-0.1, -0.05) is 0 Å². The van der Waals surface area contributed by atoms with Gasteiger partial charge in [0.1, 0.15) is 35.2 Å². The van der Waals surface area contributed by atoms with Crippen molar-refractivity contribution in [1.29, 1.82) is 0 Å². The molecule has 9 heteroatoms. The molecule has 4 N–H and O–H groups in total. The molecule has 134 valence electrons. The molecule has 0 aromatic carbocycles. The monoisotopic (exact) mass is 356 g/mol. The van der Waals surface area contributed by atoms with Gasteiger partial charge >= 0.3 is 0 Å². The molecule has 26 heavy (non-hydrogen) atoms. The van der Waals surface area contributed by atoms with E-state index in [-0.39, 0.29) is 17.2 Å². The van der Waals surface area contributed by atoms with Crippen molar-refractivity contribution in [3.05, 3.63) is 52.0 Å². The summed E-state index contributed by atoms with van der Waals surface area (Å²) in [4.78, 5) is 33.4. The third-order valence-electron chi connectivity index (χ3n) is 4.72. The van der Waals surface area contributed by atoms with Crippen LogP contribution in [-0.2, 0) is 5.66 Å².